The molecule has 0 aliphatic carbocycles. The minimum absolute atomic E-state index is 0.467. The molecule has 0 aliphatic rings. The Kier molecular flexibility index (Phi) is 6.70. The summed E-state index contributed by atoms with van der Waals surface area (Å²) in [5.41, 5.74) is 12.0. The summed E-state index contributed by atoms with van der Waals surface area (Å²) in [5, 5.41) is 7.36. The van der Waals surface area contributed by atoms with Gasteiger partial charge < -0.3 is 11.1 Å². The van der Waals surface area contributed by atoms with Gasteiger partial charge in [0.15, 0.2) is 5.96 Å². The Bertz CT molecular complexity index is 1100. The smallest absolute Gasteiger partial charge is 0.188 e. The molecule has 0 unspecified atom stereocenters. The van der Waals surface area contributed by atoms with Crippen LogP contribution in [0.2, 0.25) is 0 Å². The van der Waals surface area contributed by atoms with Crippen LogP contribution >= 0.6 is 0 Å². The molecule has 156 valence electrons. The summed E-state index contributed by atoms with van der Waals surface area (Å²) in [6.07, 6.45) is 4.18. The maximum Gasteiger partial charge on any atom is 0.188 e. The second kappa shape index (κ2) is 10.2. The third kappa shape index (κ3) is 5.79. The molecule has 0 spiro atoms. The number of nitrogens with one attached hydrogen (secondary N) is 1. The number of aromatic nitrogens is 3. The van der Waals surface area contributed by atoms with E-state index in [1.807, 2.05) is 35.0 Å². The van der Waals surface area contributed by atoms with Gasteiger partial charge in [0.2, 0.25) is 0 Å². The molecule has 31 heavy (non-hydrogen) atoms. The molecule has 0 atom stereocenters. The van der Waals surface area contributed by atoms with Gasteiger partial charge in [-0.25, -0.2) is 14.7 Å². The lowest BCUT2D eigenvalue weighted by atomic mass is 9.98. The van der Waals surface area contributed by atoms with E-state index in [9.17, 15) is 0 Å². The standard InChI is InChI=1S/C25H26N6/c26-25(28-15-14-20-6-2-1-3-7-20)29-16-23-8-4-5-9-24(23)22-12-10-21(11-13-22)17-31-19-27-18-30-31/h1-13,18-19H,14-17H2,(H3,26,28,29). The number of nitrogens with two attached hydrogens (primary N) is 1. The zero-order chi connectivity index (χ0) is 21.3. The maximum atomic E-state index is 6.08. The van der Waals surface area contributed by atoms with Gasteiger partial charge in [-0.2, -0.15) is 5.10 Å². The highest BCUT2D eigenvalue weighted by molar-refractivity contribution is 5.78. The van der Waals surface area contributed by atoms with E-state index in [-0.39, 0.29) is 0 Å². The Labute approximate surface area is 182 Å². The van der Waals surface area contributed by atoms with Gasteiger partial charge in [-0.15, -0.1) is 0 Å². The summed E-state index contributed by atoms with van der Waals surface area (Å²) in [6, 6.07) is 27.2. The van der Waals surface area contributed by atoms with Crippen LogP contribution in [0.3, 0.4) is 0 Å². The Morgan fingerprint density at radius 1 is 0.903 bits per heavy atom. The molecule has 0 amide bonds. The van der Waals surface area contributed by atoms with Gasteiger partial charge in [0.25, 0.3) is 0 Å². The van der Waals surface area contributed by atoms with Crippen molar-refractivity contribution in [3.8, 4) is 11.1 Å². The van der Waals surface area contributed by atoms with Crippen molar-refractivity contribution >= 4 is 5.96 Å². The van der Waals surface area contributed by atoms with Crippen LogP contribution in [0.5, 0.6) is 0 Å². The predicted octanol–water partition coefficient (Wildman–Crippen LogP) is 3.64. The highest BCUT2D eigenvalue weighted by Crippen LogP contribution is 2.25. The average molecular weight is 411 g/mol. The molecule has 3 N–H and O–H groups in total. The molecule has 3 aromatic carbocycles. The highest BCUT2D eigenvalue weighted by atomic mass is 15.3. The van der Waals surface area contributed by atoms with Crippen LogP contribution < -0.4 is 11.1 Å². The van der Waals surface area contributed by atoms with Crippen LogP contribution in [0.1, 0.15) is 16.7 Å². The topological polar surface area (TPSA) is 81.1 Å². The first kappa shape index (κ1) is 20.3. The van der Waals surface area contributed by atoms with Crippen molar-refractivity contribution in [2.24, 2.45) is 10.7 Å². The highest BCUT2D eigenvalue weighted by Gasteiger charge is 2.05. The molecule has 1 heterocycles. The lowest BCUT2D eigenvalue weighted by Crippen LogP contribution is -2.33. The molecule has 4 rings (SSSR count). The minimum Gasteiger partial charge on any atom is -0.370 e. The van der Waals surface area contributed by atoms with Crippen molar-refractivity contribution in [2.45, 2.75) is 19.5 Å². The Balaban J connectivity index is 1.38. The van der Waals surface area contributed by atoms with Crippen LogP contribution in [0.25, 0.3) is 11.1 Å². The van der Waals surface area contributed by atoms with E-state index in [0.29, 0.717) is 19.0 Å². The maximum absolute atomic E-state index is 6.08. The van der Waals surface area contributed by atoms with E-state index in [2.05, 4.69) is 68.9 Å². The summed E-state index contributed by atoms with van der Waals surface area (Å²) < 4.78 is 1.81. The van der Waals surface area contributed by atoms with Crippen molar-refractivity contribution < 1.29 is 0 Å². The van der Waals surface area contributed by atoms with E-state index in [1.54, 1.807) is 12.7 Å². The van der Waals surface area contributed by atoms with Gasteiger partial charge in [-0.05, 0) is 34.2 Å². The number of rotatable bonds is 8. The van der Waals surface area contributed by atoms with E-state index < -0.39 is 0 Å². The van der Waals surface area contributed by atoms with E-state index >= 15 is 0 Å². The molecule has 0 saturated carbocycles. The zero-order valence-electron chi connectivity index (χ0n) is 17.4. The summed E-state index contributed by atoms with van der Waals surface area (Å²) in [7, 11) is 0. The number of guanidine groups is 1. The van der Waals surface area contributed by atoms with Gasteiger partial charge in [0.1, 0.15) is 12.7 Å². The molecular formula is C25H26N6. The molecule has 0 radical (unpaired) electrons. The third-order valence-corrected chi connectivity index (χ3v) is 5.08. The minimum atomic E-state index is 0.467. The SMILES string of the molecule is NC(=NCc1ccccc1-c1ccc(Cn2cncn2)cc1)NCCc1ccccc1. The summed E-state index contributed by atoms with van der Waals surface area (Å²) in [5.74, 6) is 0.467. The monoisotopic (exact) mass is 410 g/mol. The summed E-state index contributed by atoms with van der Waals surface area (Å²) in [6.45, 7) is 1.99. The molecule has 0 bridgehead atoms. The second-order valence-electron chi connectivity index (χ2n) is 7.31. The fourth-order valence-electron chi connectivity index (χ4n) is 3.44. The first-order valence-electron chi connectivity index (χ1n) is 10.4. The van der Waals surface area contributed by atoms with Gasteiger partial charge in [-0.1, -0.05) is 78.9 Å². The molecule has 0 aliphatic heterocycles. The molecule has 0 fully saturated rings. The normalized spacial score (nSPS) is 11.4. The Morgan fingerprint density at radius 3 is 2.45 bits per heavy atom. The Morgan fingerprint density at radius 2 is 1.68 bits per heavy atom. The van der Waals surface area contributed by atoms with Crippen molar-refractivity contribution in [1.82, 2.24) is 20.1 Å². The second-order valence-corrected chi connectivity index (χ2v) is 7.31. The van der Waals surface area contributed by atoms with Crippen LogP contribution in [-0.2, 0) is 19.5 Å². The number of benzene rings is 3. The number of hydrogen-bond donors (Lipinski definition) is 2. The van der Waals surface area contributed by atoms with Gasteiger partial charge in [0.05, 0.1) is 13.1 Å². The zero-order valence-corrected chi connectivity index (χ0v) is 17.4. The summed E-state index contributed by atoms with van der Waals surface area (Å²) >= 11 is 0. The lowest BCUT2D eigenvalue weighted by molar-refractivity contribution is 0.685. The molecular weight excluding hydrogens is 384 g/mol. The largest absolute Gasteiger partial charge is 0.370 e. The molecule has 1 aromatic heterocycles. The van der Waals surface area contributed by atoms with Crippen LogP contribution in [0.4, 0.5) is 0 Å². The van der Waals surface area contributed by atoms with Crippen LogP contribution in [0, 0.1) is 0 Å². The number of nitrogens with zero attached hydrogens (tertiary/aromatic N) is 4. The first-order chi connectivity index (χ1) is 15.3. The number of hydrogen-bond acceptors (Lipinski definition) is 3. The fourth-order valence-corrected chi connectivity index (χ4v) is 3.44. The van der Waals surface area contributed by atoms with Crippen molar-refractivity contribution in [3.05, 3.63) is 108 Å². The predicted molar refractivity (Wildman–Crippen MR) is 124 cm³/mol. The van der Waals surface area contributed by atoms with Gasteiger partial charge >= 0.3 is 0 Å². The van der Waals surface area contributed by atoms with Crippen molar-refractivity contribution in [1.29, 1.82) is 0 Å². The van der Waals surface area contributed by atoms with Crippen molar-refractivity contribution in [2.75, 3.05) is 6.54 Å². The average Bonchev–Trinajstić information content (AvgIpc) is 3.32. The third-order valence-electron chi connectivity index (χ3n) is 5.08. The molecule has 4 aromatic rings. The van der Waals surface area contributed by atoms with E-state index in [4.69, 9.17) is 5.73 Å². The van der Waals surface area contributed by atoms with E-state index in [1.165, 1.54) is 11.1 Å². The number of aliphatic imine (C=N–C) groups is 1. The molecule has 6 heteroatoms. The fraction of sp³-hybridized carbons (Fsp3) is 0.160. The van der Waals surface area contributed by atoms with Gasteiger partial charge in [-0.3, -0.25) is 0 Å². The molecule has 0 saturated heterocycles. The van der Waals surface area contributed by atoms with Gasteiger partial charge in [0, 0.05) is 6.54 Å². The summed E-state index contributed by atoms with van der Waals surface area (Å²) in [4.78, 5) is 8.53. The quantitative estimate of drug-likeness (QED) is 0.343. The lowest BCUT2D eigenvalue weighted by Gasteiger charge is -2.10. The molecule has 6 nitrogen and oxygen atoms in total. The van der Waals surface area contributed by atoms with Crippen LogP contribution in [0.15, 0.2) is 96.5 Å². The first-order valence-corrected chi connectivity index (χ1v) is 10.4. The Hall–Kier alpha value is -3.93. The van der Waals surface area contributed by atoms with E-state index in [0.717, 1.165) is 29.7 Å². The van der Waals surface area contributed by atoms with Crippen molar-refractivity contribution in [3.63, 3.8) is 0 Å². The van der Waals surface area contributed by atoms with Crippen LogP contribution in [-0.4, -0.2) is 27.3 Å².